The second-order valence-corrected chi connectivity index (χ2v) is 4.52. The smallest absolute Gasteiger partial charge is 0.255 e. The lowest BCUT2D eigenvalue weighted by molar-refractivity contribution is 0.102. The van der Waals surface area contributed by atoms with E-state index < -0.39 is 0 Å². The number of hydrogen-bond acceptors (Lipinski definition) is 3. The maximum absolute atomic E-state index is 12.0. The number of hydrogen-bond donors (Lipinski definition) is 1. The minimum atomic E-state index is -0.207. The Morgan fingerprint density at radius 1 is 1.14 bits per heavy atom. The first-order valence-corrected chi connectivity index (χ1v) is 6.77. The third-order valence-corrected chi connectivity index (χ3v) is 2.86. The molecule has 0 aliphatic carbocycles. The number of carbonyl (C=O) groups is 1. The summed E-state index contributed by atoms with van der Waals surface area (Å²) in [6.45, 7) is 2.73. The molecule has 0 unspecified atom stereocenters. The molecule has 0 bridgehead atoms. The lowest BCUT2D eigenvalue weighted by Gasteiger charge is -2.07. The van der Waals surface area contributed by atoms with Crippen molar-refractivity contribution in [3.63, 3.8) is 0 Å². The average Bonchev–Trinajstić information content (AvgIpc) is 2.54. The molecule has 1 amide bonds. The molecular weight excluding hydrogens is 264 g/mol. The quantitative estimate of drug-likeness (QED) is 0.910. The van der Waals surface area contributed by atoms with E-state index in [1.54, 1.807) is 36.4 Å². The molecule has 0 saturated heterocycles. The maximum Gasteiger partial charge on any atom is 0.255 e. The molecule has 0 heterocycles. The van der Waals surface area contributed by atoms with Crippen molar-refractivity contribution in [1.82, 2.24) is 0 Å². The van der Waals surface area contributed by atoms with Gasteiger partial charge in [-0.15, -0.1) is 0 Å². The van der Waals surface area contributed by atoms with Crippen LogP contribution in [0.15, 0.2) is 48.5 Å². The normalized spacial score (nSPS) is 9.71. The first-order chi connectivity index (χ1) is 10.2. The number of rotatable bonds is 5. The van der Waals surface area contributed by atoms with E-state index in [0.29, 0.717) is 23.4 Å². The number of nitriles is 1. The Morgan fingerprint density at radius 3 is 2.38 bits per heavy atom. The Kier molecular flexibility index (Phi) is 4.94. The summed E-state index contributed by atoms with van der Waals surface area (Å²) in [7, 11) is 0. The summed E-state index contributed by atoms with van der Waals surface area (Å²) >= 11 is 0. The molecule has 0 aromatic heterocycles. The fourth-order valence-corrected chi connectivity index (χ4v) is 1.75. The summed E-state index contributed by atoms with van der Waals surface area (Å²) < 4.78 is 5.48. The molecule has 2 aromatic carbocycles. The van der Waals surface area contributed by atoms with Crippen molar-refractivity contribution < 1.29 is 9.53 Å². The molecule has 0 spiro atoms. The Labute approximate surface area is 124 Å². The molecule has 0 aliphatic heterocycles. The van der Waals surface area contributed by atoms with Gasteiger partial charge >= 0.3 is 0 Å². The molecule has 4 heteroatoms. The fourth-order valence-electron chi connectivity index (χ4n) is 1.75. The molecule has 0 radical (unpaired) electrons. The van der Waals surface area contributed by atoms with Crippen molar-refractivity contribution in [2.75, 3.05) is 11.9 Å². The van der Waals surface area contributed by atoms with Crippen molar-refractivity contribution >= 4 is 11.6 Å². The number of nitrogens with one attached hydrogen (secondary N) is 1. The molecular formula is C17H16N2O2. The van der Waals surface area contributed by atoms with Crippen molar-refractivity contribution in [2.24, 2.45) is 0 Å². The minimum absolute atomic E-state index is 0.207. The van der Waals surface area contributed by atoms with Gasteiger partial charge in [-0.3, -0.25) is 4.79 Å². The molecule has 0 aliphatic rings. The van der Waals surface area contributed by atoms with Gasteiger partial charge in [-0.25, -0.2) is 0 Å². The van der Waals surface area contributed by atoms with Crippen molar-refractivity contribution in [1.29, 1.82) is 5.26 Å². The third kappa shape index (κ3) is 4.08. The fraction of sp³-hybridized carbons (Fsp3) is 0.176. The average molecular weight is 280 g/mol. The van der Waals surface area contributed by atoms with Crippen LogP contribution in [-0.2, 0) is 0 Å². The minimum Gasteiger partial charge on any atom is -0.494 e. The lowest BCUT2D eigenvalue weighted by atomic mass is 10.1. The van der Waals surface area contributed by atoms with E-state index in [9.17, 15) is 4.79 Å². The summed E-state index contributed by atoms with van der Waals surface area (Å²) in [6, 6.07) is 15.8. The maximum atomic E-state index is 12.0. The number of ether oxygens (including phenoxy) is 1. The Hall–Kier alpha value is -2.80. The van der Waals surface area contributed by atoms with Crippen LogP contribution in [0.4, 0.5) is 5.69 Å². The molecule has 0 atom stereocenters. The van der Waals surface area contributed by atoms with Crippen LogP contribution in [0.3, 0.4) is 0 Å². The van der Waals surface area contributed by atoms with Crippen LogP contribution >= 0.6 is 0 Å². The van der Waals surface area contributed by atoms with Crippen LogP contribution in [0.1, 0.15) is 29.3 Å². The van der Waals surface area contributed by atoms with Gasteiger partial charge in [0.1, 0.15) is 5.75 Å². The van der Waals surface area contributed by atoms with Crippen molar-refractivity contribution in [3.8, 4) is 11.8 Å². The van der Waals surface area contributed by atoms with Crippen molar-refractivity contribution in [2.45, 2.75) is 13.3 Å². The molecule has 0 saturated carbocycles. The summed E-state index contributed by atoms with van der Waals surface area (Å²) in [4.78, 5) is 12.0. The van der Waals surface area contributed by atoms with E-state index in [1.165, 1.54) is 0 Å². The Morgan fingerprint density at radius 2 is 1.81 bits per heavy atom. The van der Waals surface area contributed by atoms with Crippen LogP contribution in [0.25, 0.3) is 0 Å². The Balaban J connectivity index is 2.00. The predicted octanol–water partition coefficient (Wildman–Crippen LogP) is 3.60. The predicted molar refractivity (Wildman–Crippen MR) is 81.3 cm³/mol. The molecule has 2 aromatic rings. The van der Waals surface area contributed by atoms with Crippen LogP contribution < -0.4 is 10.1 Å². The van der Waals surface area contributed by atoms with E-state index in [0.717, 1.165) is 12.2 Å². The highest BCUT2D eigenvalue weighted by Gasteiger charge is 2.06. The van der Waals surface area contributed by atoms with Crippen LogP contribution in [-0.4, -0.2) is 12.5 Å². The highest BCUT2D eigenvalue weighted by molar-refractivity contribution is 6.04. The monoisotopic (exact) mass is 280 g/mol. The van der Waals surface area contributed by atoms with E-state index in [2.05, 4.69) is 5.32 Å². The van der Waals surface area contributed by atoms with Gasteiger partial charge in [0.15, 0.2) is 0 Å². The first-order valence-electron chi connectivity index (χ1n) is 6.77. The number of nitrogens with zero attached hydrogens (tertiary/aromatic N) is 1. The number of benzene rings is 2. The van der Waals surface area contributed by atoms with E-state index in [-0.39, 0.29) is 5.91 Å². The molecule has 106 valence electrons. The zero-order valence-corrected chi connectivity index (χ0v) is 11.8. The number of anilines is 1. The van der Waals surface area contributed by atoms with Gasteiger partial charge in [-0.05, 0) is 55.0 Å². The zero-order chi connectivity index (χ0) is 15.1. The third-order valence-electron chi connectivity index (χ3n) is 2.86. The highest BCUT2D eigenvalue weighted by Crippen LogP contribution is 2.16. The number of amides is 1. The number of carbonyl (C=O) groups excluding carboxylic acids is 1. The summed E-state index contributed by atoms with van der Waals surface area (Å²) in [6.07, 6.45) is 0.956. The molecule has 21 heavy (non-hydrogen) atoms. The second-order valence-electron chi connectivity index (χ2n) is 4.52. The topological polar surface area (TPSA) is 62.1 Å². The summed E-state index contributed by atoms with van der Waals surface area (Å²) in [5.41, 5.74) is 1.75. The van der Waals surface area contributed by atoms with E-state index in [4.69, 9.17) is 10.00 Å². The first kappa shape index (κ1) is 14.6. The van der Waals surface area contributed by atoms with Crippen LogP contribution in [0.2, 0.25) is 0 Å². The standard InChI is InChI=1S/C17H16N2O2/c1-2-11-21-16-9-7-15(8-10-16)19-17(20)14-5-3-13(12-18)4-6-14/h3-10H,2,11H2,1H3,(H,19,20). The summed E-state index contributed by atoms with van der Waals surface area (Å²) in [5, 5.41) is 11.5. The summed E-state index contributed by atoms with van der Waals surface area (Å²) in [5.74, 6) is 0.579. The largest absolute Gasteiger partial charge is 0.494 e. The van der Waals surface area contributed by atoms with Gasteiger partial charge in [0.2, 0.25) is 0 Å². The van der Waals surface area contributed by atoms with Gasteiger partial charge in [0, 0.05) is 11.3 Å². The van der Waals surface area contributed by atoms with Crippen LogP contribution in [0, 0.1) is 11.3 Å². The molecule has 2 rings (SSSR count). The molecule has 0 fully saturated rings. The second kappa shape index (κ2) is 7.11. The molecule has 4 nitrogen and oxygen atoms in total. The van der Waals surface area contributed by atoms with Crippen molar-refractivity contribution in [3.05, 3.63) is 59.7 Å². The Bertz CT molecular complexity index is 640. The van der Waals surface area contributed by atoms with Crippen LogP contribution in [0.5, 0.6) is 5.75 Å². The lowest BCUT2D eigenvalue weighted by Crippen LogP contribution is -2.11. The van der Waals surface area contributed by atoms with E-state index >= 15 is 0 Å². The van der Waals surface area contributed by atoms with Gasteiger partial charge < -0.3 is 10.1 Å². The molecule has 1 N–H and O–H groups in total. The van der Waals surface area contributed by atoms with Gasteiger partial charge in [-0.1, -0.05) is 6.92 Å². The van der Waals surface area contributed by atoms with Gasteiger partial charge in [0.05, 0.1) is 18.2 Å². The highest BCUT2D eigenvalue weighted by atomic mass is 16.5. The van der Waals surface area contributed by atoms with Gasteiger partial charge in [-0.2, -0.15) is 5.26 Å². The van der Waals surface area contributed by atoms with E-state index in [1.807, 2.05) is 25.1 Å². The zero-order valence-electron chi connectivity index (χ0n) is 11.8. The SMILES string of the molecule is CCCOc1ccc(NC(=O)c2ccc(C#N)cc2)cc1. The van der Waals surface area contributed by atoms with Gasteiger partial charge in [0.25, 0.3) is 5.91 Å².